The van der Waals surface area contributed by atoms with Crippen molar-refractivity contribution in [3.05, 3.63) is 24.0 Å². The zero-order valence-corrected chi connectivity index (χ0v) is 9.33. The number of rotatable bonds is 2. The maximum atomic E-state index is 13.1. The number of benzene rings is 1. The van der Waals surface area contributed by atoms with Crippen LogP contribution in [0.1, 0.15) is 0 Å². The number of para-hydroxylation sites is 1. The Morgan fingerprint density at radius 2 is 2.33 bits per heavy atom. The van der Waals surface area contributed by atoms with Gasteiger partial charge in [0.05, 0.1) is 6.61 Å². The Morgan fingerprint density at radius 1 is 1.53 bits per heavy atom. The molecule has 1 heterocycles. The highest BCUT2D eigenvalue weighted by Gasteiger charge is 2.23. The molecule has 0 saturated heterocycles. The Bertz CT molecular complexity index is 332. The highest BCUT2D eigenvalue weighted by molar-refractivity contribution is 7.59. The lowest BCUT2D eigenvalue weighted by Crippen LogP contribution is -2.33. The maximum absolute atomic E-state index is 13.1. The maximum Gasteiger partial charge on any atom is 0.197 e. The summed E-state index contributed by atoms with van der Waals surface area (Å²) >= 11 is 0. The van der Waals surface area contributed by atoms with Gasteiger partial charge in [-0.15, -0.1) is 0 Å². The summed E-state index contributed by atoms with van der Waals surface area (Å²) in [5.41, 5.74) is 0. The SMILES string of the molecule is COC[C@H]1COc2c(F)cccc2O1.S. The van der Waals surface area contributed by atoms with Gasteiger partial charge in [0.25, 0.3) is 0 Å². The largest absolute Gasteiger partial charge is 0.483 e. The fraction of sp³-hybridized carbons (Fsp3) is 0.400. The molecule has 2 rings (SSSR count). The Balaban J connectivity index is 0.00000112. The van der Waals surface area contributed by atoms with Gasteiger partial charge in [-0.25, -0.2) is 4.39 Å². The van der Waals surface area contributed by atoms with Gasteiger partial charge < -0.3 is 14.2 Å². The molecule has 0 aliphatic carbocycles. The van der Waals surface area contributed by atoms with E-state index in [0.717, 1.165) is 0 Å². The Hall–Kier alpha value is -0.940. The van der Waals surface area contributed by atoms with Crippen molar-refractivity contribution >= 4 is 13.5 Å². The first-order valence-electron chi connectivity index (χ1n) is 4.38. The lowest BCUT2D eigenvalue weighted by molar-refractivity contribution is 0.0250. The van der Waals surface area contributed by atoms with E-state index in [9.17, 15) is 4.39 Å². The average molecular weight is 232 g/mol. The molecule has 84 valence electrons. The molecule has 1 atom stereocenters. The minimum absolute atomic E-state index is 0. The molecule has 0 amide bonds. The average Bonchev–Trinajstić information content (AvgIpc) is 2.18. The van der Waals surface area contributed by atoms with Crippen molar-refractivity contribution in [2.75, 3.05) is 20.3 Å². The molecule has 0 saturated carbocycles. The third kappa shape index (κ3) is 2.54. The monoisotopic (exact) mass is 232 g/mol. The summed E-state index contributed by atoms with van der Waals surface area (Å²) in [7, 11) is 1.59. The van der Waals surface area contributed by atoms with Crippen LogP contribution < -0.4 is 9.47 Å². The standard InChI is InChI=1S/C10H11FO3.H2S/c1-12-5-7-6-13-10-8(11)3-2-4-9(10)14-7;/h2-4,7H,5-6H2,1H3;1H2/t7-;/m0./s1. The van der Waals surface area contributed by atoms with Crippen molar-refractivity contribution in [1.82, 2.24) is 0 Å². The van der Waals surface area contributed by atoms with Gasteiger partial charge in [-0.2, -0.15) is 13.5 Å². The highest BCUT2D eigenvalue weighted by atomic mass is 32.1. The molecule has 3 nitrogen and oxygen atoms in total. The van der Waals surface area contributed by atoms with Gasteiger partial charge >= 0.3 is 0 Å². The van der Waals surface area contributed by atoms with Crippen molar-refractivity contribution in [1.29, 1.82) is 0 Å². The van der Waals surface area contributed by atoms with Crippen molar-refractivity contribution < 1.29 is 18.6 Å². The first-order chi connectivity index (χ1) is 6.81. The van der Waals surface area contributed by atoms with Gasteiger partial charge in [-0.1, -0.05) is 6.07 Å². The number of fused-ring (bicyclic) bond motifs is 1. The second-order valence-electron chi connectivity index (χ2n) is 3.07. The van der Waals surface area contributed by atoms with E-state index in [4.69, 9.17) is 14.2 Å². The normalized spacial score (nSPS) is 18.1. The number of hydrogen-bond acceptors (Lipinski definition) is 3. The third-order valence-corrected chi connectivity index (χ3v) is 1.99. The molecule has 0 spiro atoms. The van der Waals surface area contributed by atoms with Crippen LogP contribution in [0.3, 0.4) is 0 Å². The Morgan fingerprint density at radius 3 is 3.07 bits per heavy atom. The fourth-order valence-corrected chi connectivity index (χ4v) is 1.38. The van der Waals surface area contributed by atoms with E-state index in [0.29, 0.717) is 19.0 Å². The lowest BCUT2D eigenvalue weighted by Gasteiger charge is -2.25. The molecule has 5 heteroatoms. The van der Waals surface area contributed by atoms with E-state index in [1.807, 2.05) is 0 Å². The van der Waals surface area contributed by atoms with E-state index in [1.165, 1.54) is 6.07 Å². The van der Waals surface area contributed by atoms with Crippen LogP contribution in [0, 0.1) is 5.82 Å². The fourth-order valence-electron chi connectivity index (χ4n) is 1.38. The molecule has 1 aliphatic rings. The van der Waals surface area contributed by atoms with Crippen LogP contribution in [0.2, 0.25) is 0 Å². The molecular formula is C10H13FO3S. The van der Waals surface area contributed by atoms with Crippen molar-refractivity contribution in [3.8, 4) is 11.5 Å². The molecule has 0 unspecified atom stereocenters. The van der Waals surface area contributed by atoms with Crippen molar-refractivity contribution in [2.24, 2.45) is 0 Å². The second-order valence-corrected chi connectivity index (χ2v) is 3.07. The molecule has 0 N–H and O–H groups in total. The van der Waals surface area contributed by atoms with E-state index in [2.05, 4.69) is 0 Å². The second kappa shape index (κ2) is 5.23. The van der Waals surface area contributed by atoms with E-state index >= 15 is 0 Å². The Kier molecular flexibility index (Phi) is 4.23. The molecule has 0 fully saturated rings. The van der Waals surface area contributed by atoms with Gasteiger partial charge in [-0.05, 0) is 12.1 Å². The van der Waals surface area contributed by atoms with Crippen LogP contribution in [0.4, 0.5) is 4.39 Å². The first-order valence-corrected chi connectivity index (χ1v) is 4.38. The molecule has 0 bridgehead atoms. The summed E-state index contributed by atoms with van der Waals surface area (Å²) in [6, 6.07) is 4.62. The summed E-state index contributed by atoms with van der Waals surface area (Å²) in [6.07, 6.45) is -0.158. The van der Waals surface area contributed by atoms with Gasteiger partial charge in [-0.3, -0.25) is 0 Å². The van der Waals surface area contributed by atoms with Crippen LogP contribution in [0.25, 0.3) is 0 Å². The number of halogens is 1. The molecule has 1 aromatic carbocycles. The number of hydrogen-bond donors (Lipinski definition) is 0. The van der Waals surface area contributed by atoms with Crippen LogP contribution in [0.15, 0.2) is 18.2 Å². The van der Waals surface area contributed by atoms with Crippen LogP contribution in [0.5, 0.6) is 11.5 Å². The zero-order valence-electron chi connectivity index (χ0n) is 8.33. The molecule has 1 aromatic rings. The lowest BCUT2D eigenvalue weighted by atomic mass is 10.2. The number of methoxy groups -OCH3 is 1. The summed E-state index contributed by atoms with van der Waals surface area (Å²) in [4.78, 5) is 0. The van der Waals surface area contributed by atoms with E-state index < -0.39 is 5.82 Å². The van der Waals surface area contributed by atoms with Crippen molar-refractivity contribution in [2.45, 2.75) is 6.10 Å². The molecule has 15 heavy (non-hydrogen) atoms. The predicted molar refractivity (Wildman–Crippen MR) is 58.6 cm³/mol. The minimum Gasteiger partial charge on any atom is -0.483 e. The van der Waals surface area contributed by atoms with Crippen LogP contribution >= 0.6 is 13.5 Å². The Labute approximate surface area is 94.6 Å². The van der Waals surface area contributed by atoms with Gasteiger partial charge in [0.1, 0.15) is 6.61 Å². The number of ether oxygens (including phenoxy) is 3. The summed E-state index contributed by atoms with van der Waals surface area (Å²) in [6.45, 7) is 0.762. The highest BCUT2D eigenvalue weighted by Crippen LogP contribution is 2.33. The zero-order chi connectivity index (χ0) is 9.97. The van der Waals surface area contributed by atoms with Crippen molar-refractivity contribution in [3.63, 3.8) is 0 Å². The molecule has 0 radical (unpaired) electrons. The van der Waals surface area contributed by atoms with Gasteiger partial charge in [0.15, 0.2) is 23.4 Å². The third-order valence-electron chi connectivity index (χ3n) is 1.99. The summed E-state index contributed by atoms with van der Waals surface area (Å²) in [5.74, 6) is 0.247. The smallest absolute Gasteiger partial charge is 0.197 e. The van der Waals surface area contributed by atoms with Gasteiger partial charge in [0.2, 0.25) is 0 Å². The quantitative estimate of drug-likeness (QED) is 0.777. The summed E-state index contributed by atoms with van der Waals surface area (Å²) < 4.78 is 28.8. The summed E-state index contributed by atoms with van der Waals surface area (Å²) in [5, 5.41) is 0. The van der Waals surface area contributed by atoms with Crippen LogP contribution in [-0.2, 0) is 4.74 Å². The van der Waals surface area contributed by atoms with Gasteiger partial charge in [0, 0.05) is 7.11 Å². The first kappa shape index (κ1) is 12.1. The van der Waals surface area contributed by atoms with E-state index in [1.54, 1.807) is 19.2 Å². The minimum atomic E-state index is -0.390. The molecular weight excluding hydrogens is 219 g/mol. The molecule has 0 aromatic heterocycles. The van der Waals surface area contributed by atoms with E-state index in [-0.39, 0.29) is 25.3 Å². The topological polar surface area (TPSA) is 27.7 Å². The molecule has 1 aliphatic heterocycles. The van der Waals surface area contributed by atoms with Crippen LogP contribution in [-0.4, -0.2) is 26.4 Å². The predicted octanol–water partition coefficient (Wildman–Crippen LogP) is 1.72.